The summed E-state index contributed by atoms with van der Waals surface area (Å²) in [6.45, 7) is 4.44. The van der Waals surface area contributed by atoms with Gasteiger partial charge in [0.2, 0.25) is 5.95 Å². The van der Waals surface area contributed by atoms with Crippen molar-refractivity contribution in [3.63, 3.8) is 0 Å². The van der Waals surface area contributed by atoms with Gasteiger partial charge in [0.05, 0.1) is 24.6 Å². The van der Waals surface area contributed by atoms with E-state index in [2.05, 4.69) is 30.6 Å². The van der Waals surface area contributed by atoms with Gasteiger partial charge < -0.3 is 14.6 Å². The van der Waals surface area contributed by atoms with Crippen molar-refractivity contribution in [2.45, 2.75) is 20.0 Å². The summed E-state index contributed by atoms with van der Waals surface area (Å²) in [5, 5.41) is 9.16. The zero-order chi connectivity index (χ0) is 11.8. The van der Waals surface area contributed by atoms with Crippen molar-refractivity contribution < 1.29 is 5.11 Å². The first-order valence-electron chi connectivity index (χ1n) is 5.51. The second kappa shape index (κ2) is 3.73. The predicted molar refractivity (Wildman–Crippen MR) is 61.7 cm³/mol. The Labute approximate surface area is 98.6 Å². The van der Waals surface area contributed by atoms with Crippen LogP contribution in [0.2, 0.25) is 0 Å². The minimum atomic E-state index is 0.0862. The average Bonchev–Trinajstić information content (AvgIpc) is 2.69. The molecular weight excluding hydrogens is 218 g/mol. The maximum absolute atomic E-state index is 9.16. The van der Waals surface area contributed by atoms with Gasteiger partial charge >= 0.3 is 0 Å². The summed E-state index contributed by atoms with van der Waals surface area (Å²) in [7, 11) is 0. The largest absolute Gasteiger partial charge is 0.505 e. The van der Waals surface area contributed by atoms with Gasteiger partial charge in [0.25, 0.3) is 0 Å². The first-order chi connectivity index (χ1) is 8.22. The molecule has 0 aromatic carbocycles. The number of hydrogen-bond acceptors (Lipinski definition) is 5. The van der Waals surface area contributed by atoms with Gasteiger partial charge in [-0.1, -0.05) is 0 Å². The molecule has 0 unspecified atom stereocenters. The van der Waals surface area contributed by atoms with E-state index in [1.54, 1.807) is 0 Å². The number of rotatable bonds is 1. The number of nitrogens with zero attached hydrogens (tertiary/aromatic N) is 5. The molecule has 88 valence electrons. The highest BCUT2D eigenvalue weighted by Crippen LogP contribution is 2.17. The molecule has 6 heteroatoms. The quantitative estimate of drug-likeness (QED) is 0.782. The molecule has 1 N–H and O–H groups in total. The Kier molecular flexibility index (Phi) is 2.21. The first-order valence-corrected chi connectivity index (χ1v) is 5.51. The van der Waals surface area contributed by atoms with Gasteiger partial charge in [0, 0.05) is 19.3 Å². The first kappa shape index (κ1) is 10.1. The van der Waals surface area contributed by atoms with Crippen molar-refractivity contribution in [1.82, 2.24) is 19.5 Å². The van der Waals surface area contributed by atoms with Crippen LogP contribution in [0.15, 0.2) is 18.6 Å². The topological polar surface area (TPSA) is 67.1 Å². The van der Waals surface area contributed by atoms with Gasteiger partial charge in [-0.3, -0.25) is 0 Å². The van der Waals surface area contributed by atoms with Gasteiger partial charge in [-0.05, 0) is 6.92 Å². The maximum atomic E-state index is 9.16. The van der Waals surface area contributed by atoms with Crippen LogP contribution in [0.1, 0.15) is 11.5 Å². The van der Waals surface area contributed by atoms with E-state index in [9.17, 15) is 0 Å². The molecule has 2 aromatic rings. The third-order valence-corrected chi connectivity index (χ3v) is 2.83. The number of aryl methyl sites for hydroxylation is 1. The molecule has 2 aromatic heterocycles. The third-order valence-electron chi connectivity index (χ3n) is 2.83. The Balaban J connectivity index is 1.86. The van der Waals surface area contributed by atoms with Crippen LogP contribution in [0.5, 0.6) is 5.75 Å². The zero-order valence-electron chi connectivity index (χ0n) is 9.54. The smallest absolute Gasteiger partial charge is 0.225 e. The number of imidazole rings is 1. The van der Waals surface area contributed by atoms with Crippen molar-refractivity contribution in [3.8, 4) is 5.75 Å². The molecule has 0 spiro atoms. The van der Waals surface area contributed by atoms with Gasteiger partial charge in [-0.25, -0.2) is 15.0 Å². The SMILES string of the molecule is Cc1cn2c(n1)CN(c1ncc(O)cn1)CC2. The lowest BCUT2D eigenvalue weighted by Crippen LogP contribution is -2.34. The fourth-order valence-corrected chi connectivity index (χ4v) is 2.04. The standard InChI is InChI=1S/C11H13N5O/c1-8-6-15-2-3-16(7-10(15)14-8)11-12-4-9(17)5-13-11/h4-6,17H,2-3,7H2,1H3. The van der Waals surface area contributed by atoms with Crippen molar-refractivity contribution in [3.05, 3.63) is 30.1 Å². The van der Waals surface area contributed by atoms with Crippen LogP contribution in [0, 0.1) is 6.92 Å². The molecule has 0 amide bonds. The lowest BCUT2D eigenvalue weighted by molar-refractivity contribution is 0.468. The Morgan fingerprint density at radius 1 is 1.24 bits per heavy atom. The van der Waals surface area contributed by atoms with Crippen molar-refractivity contribution in [2.75, 3.05) is 11.4 Å². The normalized spacial score (nSPS) is 14.8. The van der Waals surface area contributed by atoms with Crippen molar-refractivity contribution >= 4 is 5.95 Å². The Hall–Kier alpha value is -2.11. The molecule has 0 aliphatic carbocycles. The summed E-state index contributed by atoms with van der Waals surface area (Å²) in [4.78, 5) is 14.7. The van der Waals surface area contributed by atoms with E-state index in [0.29, 0.717) is 12.5 Å². The monoisotopic (exact) mass is 231 g/mol. The Morgan fingerprint density at radius 2 is 2.00 bits per heavy atom. The molecule has 0 bridgehead atoms. The van der Waals surface area contributed by atoms with E-state index in [0.717, 1.165) is 24.6 Å². The number of aromatic nitrogens is 4. The minimum absolute atomic E-state index is 0.0862. The predicted octanol–water partition coefficient (Wildman–Crippen LogP) is 0.707. The molecule has 6 nitrogen and oxygen atoms in total. The minimum Gasteiger partial charge on any atom is -0.505 e. The van der Waals surface area contributed by atoms with Crippen LogP contribution in [0.4, 0.5) is 5.95 Å². The highest BCUT2D eigenvalue weighted by molar-refractivity contribution is 5.32. The average molecular weight is 231 g/mol. The lowest BCUT2D eigenvalue weighted by Gasteiger charge is -2.27. The summed E-state index contributed by atoms with van der Waals surface area (Å²) in [5.74, 6) is 1.75. The molecule has 1 aliphatic heterocycles. The van der Waals surface area contributed by atoms with Crippen LogP contribution >= 0.6 is 0 Å². The van der Waals surface area contributed by atoms with E-state index in [4.69, 9.17) is 5.11 Å². The molecule has 17 heavy (non-hydrogen) atoms. The third kappa shape index (κ3) is 1.82. The summed E-state index contributed by atoms with van der Waals surface area (Å²) in [6.07, 6.45) is 4.88. The summed E-state index contributed by atoms with van der Waals surface area (Å²) in [5.41, 5.74) is 1.04. The lowest BCUT2D eigenvalue weighted by atomic mass is 10.4. The molecule has 0 radical (unpaired) electrons. The van der Waals surface area contributed by atoms with E-state index >= 15 is 0 Å². The van der Waals surface area contributed by atoms with E-state index in [1.165, 1.54) is 12.4 Å². The number of aromatic hydroxyl groups is 1. The maximum Gasteiger partial charge on any atom is 0.225 e. The van der Waals surface area contributed by atoms with Gasteiger partial charge in [0.1, 0.15) is 5.82 Å². The van der Waals surface area contributed by atoms with Crippen LogP contribution in [0.3, 0.4) is 0 Å². The summed E-state index contributed by atoms with van der Waals surface area (Å²) >= 11 is 0. The molecule has 0 fully saturated rings. The zero-order valence-corrected chi connectivity index (χ0v) is 9.54. The van der Waals surface area contributed by atoms with Crippen molar-refractivity contribution in [2.24, 2.45) is 0 Å². The van der Waals surface area contributed by atoms with E-state index in [-0.39, 0.29) is 5.75 Å². The Morgan fingerprint density at radius 3 is 2.76 bits per heavy atom. The highest BCUT2D eigenvalue weighted by Gasteiger charge is 2.19. The Bertz CT molecular complexity index is 533. The summed E-state index contributed by atoms with van der Waals surface area (Å²) < 4.78 is 2.16. The fourth-order valence-electron chi connectivity index (χ4n) is 2.04. The van der Waals surface area contributed by atoms with Crippen LogP contribution in [-0.2, 0) is 13.1 Å². The van der Waals surface area contributed by atoms with Gasteiger partial charge in [-0.15, -0.1) is 0 Å². The number of hydrogen-bond donors (Lipinski definition) is 1. The molecule has 0 atom stereocenters. The molecule has 3 rings (SSSR count). The molecular formula is C11H13N5O. The van der Waals surface area contributed by atoms with Crippen LogP contribution < -0.4 is 4.90 Å². The second-order valence-corrected chi connectivity index (χ2v) is 4.15. The number of fused-ring (bicyclic) bond motifs is 1. The van der Waals surface area contributed by atoms with Gasteiger partial charge in [-0.2, -0.15) is 0 Å². The highest BCUT2D eigenvalue weighted by atomic mass is 16.3. The fraction of sp³-hybridized carbons (Fsp3) is 0.364. The molecule has 0 saturated carbocycles. The van der Waals surface area contributed by atoms with E-state index < -0.39 is 0 Å². The van der Waals surface area contributed by atoms with E-state index in [1.807, 2.05) is 6.92 Å². The second-order valence-electron chi connectivity index (χ2n) is 4.15. The molecule has 1 aliphatic rings. The molecule has 3 heterocycles. The van der Waals surface area contributed by atoms with Gasteiger partial charge in [0.15, 0.2) is 5.75 Å². The molecule has 0 saturated heterocycles. The van der Waals surface area contributed by atoms with Crippen LogP contribution in [0.25, 0.3) is 0 Å². The summed E-state index contributed by atoms with van der Waals surface area (Å²) in [6, 6.07) is 0. The van der Waals surface area contributed by atoms with Crippen LogP contribution in [-0.4, -0.2) is 31.2 Å². The number of anilines is 1. The van der Waals surface area contributed by atoms with Crippen molar-refractivity contribution in [1.29, 1.82) is 0 Å².